The number of hydrogen-bond donors (Lipinski definition) is 1. The fraction of sp³-hybridized carbons (Fsp3) is 0.238. The number of rotatable bonds is 6. The first kappa shape index (κ1) is 18.4. The third kappa shape index (κ3) is 3.97. The smallest absolute Gasteiger partial charge is 0.231 e. The molecular weight excluding hydrogens is 380 g/mol. The van der Waals surface area contributed by atoms with E-state index in [2.05, 4.69) is 10.3 Å². The van der Waals surface area contributed by atoms with Gasteiger partial charge in [0, 0.05) is 18.4 Å². The van der Waals surface area contributed by atoms with Crippen LogP contribution in [0.2, 0.25) is 5.02 Å². The summed E-state index contributed by atoms with van der Waals surface area (Å²) in [5, 5.41) is 3.58. The zero-order valence-corrected chi connectivity index (χ0v) is 16.0. The van der Waals surface area contributed by atoms with Gasteiger partial charge in [0.05, 0.1) is 17.3 Å². The lowest BCUT2D eigenvalue weighted by atomic mass is 10.1. The largest absolute Gasteiger partial charge is 0.454 e. The Bertz CT molecular complexity index is 1000. The number of carbonyl (C=O) groups is 1. The number of amides is 1. The molecule has 0 spiro atoms. The van der Waals surface area contributed by atoms with E-state index in [0.29, 0.717) is 28.8 Å². The van der Waals surface area contributed by atoms with E-state index in [1.54, 1.807) is 12.3 Å². The normalized spacial score (nSPS) is 13.4. The molecule has 28 heavy (non-hydrogen) atoms. The van der Waals surface area contributed by atoms with Gasteiger partial charge in [-0.3, -0.25) is 4.79 Å². The Hall–Kier alpha value is -2.99. The highest BCUT2D eigenvalue weighted by atomic mass is 35.5. The van der Waals surface area contributed by atoms with E-state index in [-0.39, 0.29) is 25.2 Å². The average molecular weight is 399 g/mol. The first-order valence-corrected chi connectivity index (χ1v) is 9.36. The van der Waals surface area contributed by atoms with E-state index >= 15 is 0 Å². The van der Waals surface area contributed by atoms with Gasteiger partial charge in [0.1, 0.15) is 0 Å². The van der Waals surface area contributed by atoms with Crippen molar-refractivity contribution in [1.82, 2.24) is 10.3 Å². The maximum atomic E-state index is 12.3. The number of benzene rings is 2. The fourth-order valence-corrected chi connectivity index (χ4v) is 3.24. The summed E-state index contributed by atoms with van der Waals surface area (Å²) in [7, 11) is 0. The predicted octanol–water partition coefficient (Wildman–Crippen LogP) is 4.53. The molecule has 2 heterocycles. The molecule has 4 rings (SSSR count). The molecule has 2 aromatic carbocycles. The number of hydrogen-bond acceptors (Lipinski definition) is 5. The van der Waals surface area contributed by atoms with Crippen molar-refractivity contribution in [2.45, 2.75) is 25.8 Å². The first-order valence-electron chi connectivity index (χ1n) is 8.98. The highest BCUT2D eigenvalue weighted by Crippen LogP contribution is 2.34. The Morgan fingerprint density at radius 3 is 2.89 bits per heavy atom. The lowest BCUT2D eigenvalue weighted by Crippen LogP contribution is -2.26. The number of nitrogens with one attached hydrogen (secondary N) is 1. The van der Waals surface area contributed by atoms with Crippen LogP contribution in [-0.4, -0.2) is 17.7 Å². The molecule has 0 fully saturated rings. The summed E-state index contributed by atoms with van der Waals surface area (Å²) in [5.74, 6) is 2.43. The van der Waals surface area contributed by atoms with Gasteiger partial charge >= 0.3 is 0 Å². The van der Waals surface area contributed by atoms with E-state index in [9.17, 15) is 4.79 Å². The lowest BCUT2D eigenvalue weighted by molar-refractivity contribution is -0.121. The Morgan fingerprint density at radius 1 is 1.21 bits per heavy atom. The summed E-state index contributed by atoms with van der Waals surface area (Å²) in [6, 6.07) is 12.9. The van der Waals surface area contributed by atoms with Crippen molar-refractivity contribution in [3.63, 3.8) is 0 Å². The van der Waals surface area contributed by atoms with E-state index in [4.69, 9.17) is 25.5 Å². The molecule has 1 N–H and O–H groups in total. The first-order chi connectivity index (χ1) is 13.6. The Morgan fingerprint density at radius 2 is 2.04 bits per heavy atom. The maximum Gasteiger partial charge on any atom is 0.231 e. The predicted molar refractivity (Wildman–Crippen MR) is 104 cm³/mol. The quantitative estimate of drug-likeness (QED) is 0.660. The van der Waals surface area contributed by atoms with Crippen molar-refractivity contribution in [3.8, 4) is 22.8 Å². The van der Waals surface area contributed by atoms with Crippen LogP contribution in [0.4, 0.5) is 0 Å². The van der Waals surface area contributed by atoms with E-state index < -0.39 is 0 Å². The third-order valence-electron chi connectivity index (χ3n) is 4.53. The average Bonchev–Trinajstić information content (AvgIpc) is 3.35. The van der Waals surface area contributed by atoms with Crippen molar-refractivity contribution in [1.29, 1.82) is 0 Å². The van der Waals surface area contributed by atoms with E-state index in [1.165, 1.54) is 0 Å². The number of aryl methyl sites for hydroxylation is 1. The molecule has 7 heteroatoms. The molecule has 3 aromatic rings. The Kier molecular flexibility index (Phi) is 5.21. The molecule has 144 valence electrons. The van der Waals surface area contributed by atoms with Gasteiger partial charge in [-0.1, -0.05) is 29.8 Å². The van der Waals surface area contributed by atoms with Crippen LogP contribution < -0.4 is 14.8 Å². The zero-order chi connectivity index (χ0) is 19.5. The second kappa shape index (κ2) is 7.94. The van der Waals surface area contributed by atoms with E-state index in [1.807, 2.05) is 43.3 Å². The van der Waals surface area contributed by atoms with E-state index in [0.717, 1.165) is 16.9 Å². The molecule has 1 aliphatic rings. The van der Waals surface area contributed by atoms with Crippen LogP contribution in [0.25, 0.3) is 11.3 Å². The number of nitrogens with zero attached hydrogens (tertiary/aromatic N) is 1. The number of fused-ring (bicyclic) bond motifs is 1. The number of aromatic nitrogens is 1. The van der Waals surface area contributed by atoms with Crippen LogP contribution >= 0.6 is 11.6 Å². The third-order valence-corrected chi connectivity index (χ3v) is 4.86. The minimum Gasteiger partial charge on any atom is -0.454 e. The molecule has 0 aliphatic carbocycles. The van der Waals surface area contributed by atoms with Crippen LogP contribution in [-0.2, 0) is 11.2 Å². The number of ether oxygens (including phenoxy) is 2. The molecular formula is C21H19ClN2O4. The molecule has 1 amide bonds. The van der Waals surface area contributed by atoms with Crippen LogP contribution in [0, 0.1) is 0 Å². The van der Waals surface area contributed by atoms with Gasteiger partial charge in [0.2, 0.25) is 12.7 Å². The summed E-state index contributed by atoms with van der Waals surface area (Å²) < 4.78 is 16.4. The minimum atomic E-state index is -0.148. The summed E-state index contributed by atoms with van der Waals surface area (Å²) in [6.07, 6.45) is 2.31. The van der Waals surface area contributed by atoms with Gasteiger partial charge in [0.15, 0.2) is 23.1 Å². The van der Waals surface area contributed by atoms with Crippen LogP contribution in [0.1, 0.15) is 30.8 Å². The van der Waals surface area contributed by atoms with Crippen LogP contribution in [0.15, 0.2) is 53.1 Å². The van der Waals surface area contributed by atoms with Crippen LogP contribution in [0.3, 0.4) is 0 Å². The monoisotopic (exact) mass is 398 g/mol. The molecule has 1 atom stereocenters. The van der Waals surface area contributed by atoms with Gasteiger partial charge in [-0.15, -0.1) is 0 Å². The van der Waals surface area contributed by atoms with Gasteiger partial charge in [-0.05, 0) is 36.8 Å². The maximum absolute atomic E-state index is 12.3. The molecule has 1 aliphatic heterocycles. The Labute approximate surface area is 167 Å². The summed E-state index contributed by atoms with van der Waals surface area (Å²) in [4.78, 5) is 16.6. The van der Waals surface area contributed by atoms with Crippen LogP contribution in [0.5, 0.6) is 11.5 Å². The number of oxazole rings is 1. The lowest BCUT2D eigenvalue weighted by Gasteiger charge is -2.14. The molecule has 1 unspecified atom stereocenters. The van der Waals surface area contributed by atoms with Gasteiger partial charge in [-0.2, -0.15) is 0 Å². The SMILES string of the molecule is CC(NC(=O)CCc1ncc(-c2ccccc2Cl)o1)c1ccc2c(c1)OCO2. The molecule has 6 nitrogen and oxygen atoms in total. The standard InChI is InChI=1S/C21H19ClN2O4/c1-13(14-6-7-17-18(10-14)27-12-26-17)24-20(25)8-9-21-23-11-19(28-21)15-4-2-3-5-16(15)22/h2-7,10-11,13H,8-9,12H2,1H3,(H,24,25). The molecule has 0 radical (unpaired) electrons. The molecule has 0 saturated heterocycles. The van der Waals surface area contributed by atoms with Crippen molar-refractivity contribution < 1.29 is 18.7 Å². The summed E-state index contributed by atoms with van der Waals surface area (Å²) >= 11 is 6.18. The highest BCUT2D eigenvalue weighted by Gasteiger charge is 2.17. The number of carbonyl (C=O) groups excluding carboxylic acids is 1. The second-order valence-electron chi connectivity index (χ2n) is 6.50. The van der Waals surface area contributed by atoms with Gasteiger partial charge in [0.25, 0.3) is 0 Å². The topological polar surface area (TPSA) is 73.6 Å². The number of halogens is 1. The van der Waals surface area contributed by atoms with Crippen molar-refractivity contribution in [2.24, 2.45) is 0 Å². The van der Waals surface area contributed by atoms with Gasteiger partial charge in [-0.25, -0.2) is 4.98 Å². The Balaban J connectivity index is 1.33. The van der Waals surface area contributed by atoms with Crippen molar-refractivity contribution in [2.75, 3.05) is 6.79 Å². The molecule has 0 bridgehead atoms. The van der Waals surface area contributed by atoms with Gasteiger partial charge < -0.3 is 19.2 Å². The summed E-state index contributed by atoms with van der Waals surface area (Å²) in [5.41, 5.74) is 1.73. The fourth-order valence-electron chi connectivity index (χ4n) is 3.01. The zero-order valence-electron chi connectivity index (χ0n) is 15.3. The molecule has 1 aromatic heterocycles. The summed E-state index contributed by atoms with van der Waals surface area (Å²) in [6.45, 7) is 2.15. The second-order valence-corrected chi connectivity index (χ2v) is 6.91. The van der Waals surface area contributed by atoms with Crippen molar-refractivity contribution in [3.05, 3.63) is 65.1 Å². The minimum absolute atomic E-state index is 0.0809. The highest BCUT2D eigenvalue weighted by molar-refractivity contribution is 6.33. The van der Waals surface area contributed by atoms with Crippen molar-refractivity contribution >= 4 is 17.5 Å². The molecule has 0 saturated carbocycles.